The van der Waals surface area contributed by atoms with Crippen LogP contribution >= 0.6 is 11.6 Å². The molecule has 0 fully saturated rings. The number of halogens is 2. The van der Waals surface area contributed by atoms with Crippen LogP contribution in [0.15, 0.2) is 30.5 Å². The number of nitrogens with zero attached hydrogens (tertiary/aromatic N) is 1. The molecule has 0 unspecified atom stereocenters. The van der Waals surface area contributed by atoms with Crippen LogP contribution in [0.1, 0.15) is 15.9 Å². The van der Waals surface area contributed by atoms with Crippen LogP contribution in [0.4, 0.5) is 15.8 Å². The number of rotatable bonds is 2. The van der Waals surface area contributed by atoms with Crippen molar-refractivity contribution >= 4 is 28.9 Å². The SMILES string of the molecule is Cc1ccc(NC(=O)c2cc(N)cnc2Cl)cc1F. The Hall–Kier alpha value is -2.14. The van der Waals surface area contributed by atoms with E-state index in [0.717, 1.165) is 0 Å². The monoisotopic (exact) mass is 279 g/mol. The summed E-state index contributed by atoms with van der Waals surface area (Å²) in [6.45, 7) is 1.64. The molecule has 0 aliphatic heterocycles. The smallest absolute Gasteiger partial charge is 0.258 e. The average Bonchev–Trinajstić information content (AvgIpc) is 2.36. The number of hydrogen-bond donors (Lipinski definition) is 2. The van der Waals surface area contributed by atoms with Gasteiger partial charge in [-0.15, -0.1) is 0 Å². The number of carbonyl (C=O) groups excluding carboxylic acids is 1. The highest BCUT2D eigenvalue weighted by Gasteiger charge is 2.12. The Morgan fingerprint density at radius 1 is 1.42 bits per heavy atom. The maximum absolute atomic E-state index is 13.4. The summed E-state index contributed by atoms with van der Waals surface area (Å²) in [5.74, 6) is -0.886. The van der Waals surface area contributed by atoms with Crippen molar-refractivity contribution in [2.45, 2.75) is 6.92 Å². The fourth-order valence-electron chi connectivity index (χ4n) is 1.49. The van der Waals surface area contributed by atoms with Gasteiger partial charge >= 0.3 is 0 Å². The molecule has 0 saturated carbocycles. The second kappa shape index (κ2) is 5.24. The van der Waals surface area contributed by atoms with E-state index in [1.54, 1.807) is 19.1 Å². The summed E-state index contributed by atoms with van der Waals surface area (Å²) in [6, 6.07) is 5.82. The third-order valence-electron chi connectivity index (χ3n) is 2.53. The number of benzene rings is 1. The molecule has 2 aromatic rings. The van der Waals surface area contributed by atoms with Crippen LogP contribution in [0.25, 0.3) is 0 Å². The van der Waals surface area contributed by atoms with Gasteiger partial charge in [0.05, 0.1) is 17.4 Å². The number of anilines is 2. The molecular weight excluding hydrogens is 269 g/mol. The molecule has 0 bridgehead atoms. The van der Waals surface area contributed by atoms with Crippen molar-refractivity contribution in [1.29, 1.82) is 0 Å². The van der Waals surface area contributed by atoms with Crippen LogP contribution in [-0.2, 0) is 0 Å². The van der Waals surface area contributed by atoms with E-state index in [4.69, 9.17) is 17.3 Å². The zero-order valence-electron chi connectivity index (χ0n) is 10.1. The van der Waals surface area contributed by atoms with Crippen LogP contribution in [0, 0.1) is 12.7 Å². The van der Waals surface area contributed by atoms with E-state index < -0.39 is 11.7 Å². The van der Waals surface area contributed by atoms with Gasteiger partial charge in [0.25, 0.3) is 5.91 Å². The first-order chi connectivity index (χ1) is 8.97. The molecule has 1 amide bonds. The lowest BCUT2D eigenvalue weighted by Gasteiger charge is -2.07. The molecule has 0 radical (unpaired) electrons. The van der Waals surface area contributed by atoms with Gasteiger partial charge in [0.2, 0.25) is 0 Å². The summed E-state index contributed by atoms with van der Waals surface area (Å²) in [4.78, 5) is 15.7. The Balaban J connectivity index is 2.25. The molecule has 6 heteroatoms. The van der Waals surface area contributed by atoms with Crippen LogP contribution in [0.3, 0.4) is 0 Å². The Morgan fingerprint density at radius 3 is 2.84 bits per heavy atom. The minimum absolute atomic E-state index is 0.0410. The lowest BCUT2D eigenvalue weighted by molar-refractivity contribution is 0.102. The van der Waals surface area contributed by atoms with Crippen molar-refractivity contribution < 1.29 is 9.18 Å². The van der Waals surface area contributed by atoms with Gasteiger partial charge in [0, 0.05) is 5.69 Å². The highest BCUT2D eigenvalue weighted by atomic mass is 35.5. The first kappa shape index (κ1) is 13.3. The molecule has 1 heterocycles. The molecule has 19 heavy (non-hydrogen) atoms. The van der Waals surface area contributed by atoms with E-state index in [0.29, 0.717) is 16.9 Å². The minimum Gasteiger partial charge on any atom is -0.397 e. The molecule has 2 rings (SSSR count). The van der Waals surface area contributed by atoms with Gasteiger partial charge in [0.1, 0.15) is 11.0 Å². The number of aromatic nitrogens is 1. The number of nitrogen functional groups attached to an aromatic ring is 1. The lowest BCUT2D eigenvalue weighted by Crippen LogP contribution is -2.13. The molecule has 0 aliphatic rings. The van der Waals surface area contributed by atoms with Gasteiger partial charge in [-0.3, -0.25) is 4.79 Å². The third kappa shape index (κ3) is 3.00. The van der Waals surface area contributed by atoms with E-state index in [1.165, 1.54) is 18.3 Å². The Morgan fingerprint density at radius 2 is 2.16 bits per heavy atom. The summed E-state index contributed by atoms with van der Waals surface area (Å²) in [5, 5.41) is 2.58. The molecular formula is C13H11ClFN3O. The van der Waals surface area contributed by atoms with Gasteiger partial charge in [-0.2, -0.15) is 0 Å². The van der Waals surface area contributed by atoms with Crippen LogP contribution in [0.2, 0.25) is 5.15 Å². The van der Waals surface area contributed by atoms with Crippen LogP contribution in [0.5, 0.6) is 0 Å². The van der Waals surface area contributed by atoms with Gasteiger partial charge in [-0.25, -0.2) is 9.37 Å². The second-order valence-corrected chi connectivity index (χ2v) is 4.38. The fraction of sp³-hybridized carbons (Fsp3) is 0.0769. The first-order valence-corrected chi connectivity index (χ1v) is 5.83. The molecule has 1 aromatic heterocycles. The predicted octanol–water partition coefficient (Wildman–Crippen LogP) is 3.02. The summed E-state index contributed by atoms with van der Waals surface area (Å²) in [5.41, 5.74) is 6.85. The predicted molar refractivity (Wildman–Crippen MR) is 72.7 cm³/mol. The van der Waals surface area contributed by atoms with Gasteiger partial charge in [0.15, 0.2) is 0 Å². The zero-order valence-corrected chi connectivity index (χ0v) is 10.8. The van der Waals surface area contributed by atoms with Crippen molar-refractivity contribution in [2.24, 2.45) is 0 Å². The van der Waals surface area contributed by atoms with Crippen molar-refractivity contribution in [3.8, 4) is 0 Å². The topological polar surface area (TPSA) is 68.0 Å². The second-order valence-electron chi connectivity index (χ2n) is 4.03. The van der Waals surface area contributed by atoms with Gasteiger partial charge < -0.3 is 11.1 Å². The fourth-order valence-corrected chi connectivity index (χ4v) is 1.68. The zero-order chi connectivity index (χ0) is 14.0. The normalized spacial score (nSPS) is 10.3. The van der Waals surface area contributed by atoms with Crippen molar-refractivity contribution in [2.75, 3.05) is 11.1 Å². The average molecular weight is 280 g/mol. The number of pyridine rings is 1. The molecule has 98 valence electrons. The standard InChI is InChI=1S/C13H11ClFN3O/c1-7-2-3-9(5-11(7)15)18-13(19)10-4-8(16)6-17-12(10)14/h2-6H,16H2,1H3,(H,18,19). The molecule has 1 aromatic carbocycles. The Kier molecular flexibility index (Phi) is 3.66. The number of amides is 1. The third-order valence-corrected chi connectivity index (χ3v) is 2.84. The maximum atomic E-state index is 13.4. The number of hydrogen-bond acceptors (Lipinski definition) is 3. The highest BCUT2D eigenvalue weighted by Crippen LogP contribution is 2.19. The van der Waals surface area contributed by atoms with E-state index >= 15 is 0 Å². The summed E-state index contributed by atoms with van der Waals surface area (Å²) >= 11 is 5.81. The minimum atomic E-state index is -0.493. The molecule has 3 N–H and O–H groups in total. The number of nitrogens with one attached hydrogen (secondary N) is 1. The quantitative estimate of drug-likeness (QED) is 0.830. The van der Waals surface area contributed by atoms with Crippen LogP contribution < -0.4 is 11.1 Å². The van der Waals surface area contributed by atoms with Gasteiger partial charge in [-0.05, 0) is 30.7 Å². The largest absolute Gasteiger partial charge is 0.397 e. The van der Waals surface area contributed by atoms with E-state index in [-0.39, 0.29) is 10.7 Å². The van der Waals surface area contributed by atoms with E-state index in [1.807, 2.05) is 0 Å². The van der Waals surface area contributed by atoms with Crippen molar-refractivity contribution in [3.05, 3.63) is 52.6 Å². The van der Waals surface area contributed by atoms with Gasteiger partial charge in [-0.1, -0.05) is 17.7 Å². The van der Waals surface area contributed by atoms with E-state index in [9.17, 15) is 9.18 Å². The Labute approximate surface area is 114 Å². The van der Waals surface area contributed by atoms with Crippen molar-refractivity contribution in [3.63, 3.8) is 0 Å². The molecule has 4 nitrogen and oxygen atoms in total. The maximum Gasteiger partial charge on any atom is 0.258 e. The number of carbonyl (C=O) groups is 1. The molecule has 0 atom stereocenters. The van der Waals surface area contributed by atoms with Crippen molar-refractivity contribution in [1.82, 2.24) is 4.98 Å². The highest BCUT2D eigenvalue weighted by molar-refractivity contribution is 6.33. The molecule has 0 spiro atoms. The summed E-state index contributed by atoms with van der Waals surface area (Å²) in [7, 11) is 0. The summed E-state index contributed by atoms with van der Waals surface area (Å²) in [6.07, 6.45) is 1.35. The van der Waals surface area contributed by atoms with E-state index in [2.05, 4.69) is 10.3 Å². The number of aryl methyl sites for hydroxylation is 1. The molecule has 0 aliphatic carbocycles. The number of nitrogens with two attached hydrogens (primary N) is 1. The lowest BCUT2D eigenvalue weighted by atomic mass is 10.2. The molecule has 0 saturated heterocycles. The summed E-state index contributed by atoms with van der Waals surface area (Å²) < 4.78 is 13.4. The first-order valence-electron chi connectivity index (χ1n) is 5.46. The Bertz CT molecular complexity index is 646. The van der Waals surface area contributed by atoms with Crippen LogP contribution in [-0.4, -0.2) is 10.9 Å².